The van der Waals surface area contributed by atoms with Gasteiger partial charge >= 0.3 is 6.09 Å². The fourth-order valence-electron chi connectivity index (χ4n) is 5.26. The van der Waals surface area contributed by atoms with Gasteiger partial charge in [-0.25, -0.2) is 13.6 Å². The third kappa shape index (κ3) is 5.96. The molecule has 8 heteroatoms. The molecule has 36 heavy (non-hydrogen) atoms. The standard InChI is InChI=1S/C28H33F2N3O3/c1-28(2,3)33(22-5-4-12-32-17-22)27(34)36-26-14-20(18-6-9-21(29)10-7-18)13-25(26)35-23-11-8-19(16-31)24(30)15-23/h6-11,15,20,22,25-26,32H,4-5,12-14,17H2,1-3H3. The Hall–Kier alpha value is -3.18. The molecule has 1 saturated heterocycles. The van der Waals surface area contributed by atoms with Gasteiger partial charge < -0.3 is 14.8 Å². The predicted molar refractivity (Wildman–Crippen MR) is 132 cm³/mol. The second-order valence-electron chi connectivity index (χ2n) is 10.6. The van der Waals surface area contributed by atoms with Crippen molar-refractivity contribution in [2.75, 3.05) is 13.1 Å². The van der Waals surface area contributed by atoms with Crippen LogP contribution in [0.25, 0.3) is 0 Å². The molecule has 1 saturated carbocycles. The minimum atomic E-state index is -0.666. The van der Waals surface area contributed by atoms with E-state index in [2.05, 4.69) is 5.32 Å². The summed E-state index contributed by atoms with van der Waals surface area (Å²) >= 11 is 0. The molecule has 2 aromatic rings. The van der Waals surface area contributed by atoms with E-state index >= 15 is 0 Å². The van der Waals surface area contributed by atoms with Crippen LogP contribution in [0.1, 0.15) is 63.5 Å². The number of hydrogen-bond acceptors (Lipinski definition) is 5. The normalized spacial score (nSPS) is 24.1. The van der Waals surface area contributed by atoms with Crippen molar-refractivity contribution in [2.24, 2.45) is 0 Å². The lowest BCUT2D eigenvalue weighted by molar-refractivity contribution is -0.0132. The van der Waals surface area contributed by atoms with E-state index in [-0.39, 0.29) is 29.1 Å². The van der Waals surface area contributed by atoms with Crippen molar-refractivity contribution in [1.29, 1.82) is 5.26 Å². The number of nitriles is 1. The van der Waals surface area contributed by atoms with Gasteiger partial charge in [-0.2, -0.15) is 5.26 Å². The van der Waals surface area contributed by atoms with Crippen LogP contribution in [-0.4, -0.2) is 47.9 Å². The highest BCUT2D eigenvalue weighted by Crippen LogP contribution is 2.39. The maximum Gasteiger partial charge on any atom is 0.410 e. The third-order valence-corrected chi connectivity index (χ3v) is 6.95. The Kier molecular flexibility index (Phi) is 7.79. The molecule has 2 aromatic carbocycles. The molecule has 1 amide bonds. The smallest absolute Gasteiger partial charge is 0.410 e. The predicted octanol–water partition coefficient (Wildman–Crippen LogP) is 5.52. The molecule has 1 aliphatic heterocycles. The summed E-state index contributed by atoms with van der Waals surface area (Å²) in [5, 5.41) is 12.4. The lowest BCUT2D eigenvalue weighted by Crippen LogP contribution is -2.57. The van der Waals surface area contributed by atoms with E-state index in [1.54, 1.807) is 24.3 Å². The number of nitrogens with one attached hydrogen (secondary N) is 1. The molecule has 1 N–H and O–H groups in total. The van der Waals surface area contributed by atoms with Crippen molar-refractivity contribution in [3.63, 3.8) is 0 Å². The van der Waals surface area contributed by atoms with Crippen LogP contribution in [0.15, 0.2) is 42.5 Å². The van der Waals surface area contributed by atoms with Crippen LogP contribution in [0.2, 0.25) is 0 Å². The van der Waals surface area contributed by atoms with Gasteiger partial charge in [-0.3, -0.25) is 4.90 Å². The number of halogens is 2. The van der Waals surface area contributed by atoms with E-state index in [1.165, 1.54) is 24.3 Å². The maximum absolute atomic E-state index is 14.2. The molecule has 4 rings (SSSR count). The highest BCUT2D eigenvalue weighted by Gasteiger charge is 2.42. The quantitative estimate of drug-likeness (QED) is 0.589. The molecule has 0 spiro atoms. The van der Waals surface area contributed by atoms with Gasteiger partial charge in [0.2, 0.25) is 0 Å². The summed E-state index contributed by atoms with van der Waals surface area (Å²) in [4.78, 5) is 15.4. The monoisotopic (exact) mass is 497 g/mol. The second-order valence-corrected chi connectivity index (χ2v) is 10.6. The highest BCUT2D eigenvalue weighted by molar-refractivity contribution is 5.69. The molecule has 2 aliphatic rings. The number of nitrogens with zero attached hydrogens (tertiary/aromatic N) is 2. The lowest BCUT2D eigenvalue weighted by atomic mass is 9.97. The zero-order valence-electron chi connectivity index (χ0n) is 21.0. The molecule has 1 aliphatic carbocycles. The third-order valence-electron chi connectivity index (χ3n) is 6.95. The highest BCUT2D eigenvalue weighted by atomic mass is 19.1. The average Bonchev–Trinajstić information content (AvgIpc) is 3.21. The molecule has 2 fully saturated rings. The average molecular weight is 498 g/mol. The van der Waals surface area contributed by atoms with Gasteiger partial charge in [0.15, 0.2) is 0 Å². The fraction of sp³-hybridized carbons (Fsp3) is 0.500. The van der Waals surface area contributed by atoms with Crippen LogP contribution < -0.4 is 10.1 Å². The number of benzene rings is 2. The molecule has 0 bridgehead atoms. The van der Waals surface area contributed by atoms with Gasteiger partial charge in [0.25, 0.3) is 0 Å². The number of carbonyl (C=O) groups is 1. The molecular formula is C28H33F2N3O3. The first kappa shape index (κ1) is 25.9. The summed E-state index contributed by atoms with van der Waals surface area (Å²) in [6.45, 7) is 7.62. The largest absolute Gasteiger partial charge is 0.486 e. The van der Waals surface area contributed by atoms with E-state index in [0.717, 1.165) is 24.9 Å². The van der Waals surface area contributed by atoms with Crippen LogP contribution in [0.3, 0.4) is 0 Å². The summed E-state index contributed by atoms with van der Waals surface area (Å²) in [7, 11) is 0. The van der Waals surface area contributed by atoms with Gasteiger partial charge in [0, 0.05) is 24.2 Å². The van der Waals surface area contributed by atoms with E-state index in [0.29, 0.717) is 19.4 Å². The summed E-state index contributed by atoms with van der Waals surface area (Å²) in [6.07, 6.45) is 1.40. The molecule has 1 heterocycles. The first-order chi connectivity index (χ1) is 17.2. The van der Waals surface area contributed by atoms with Gasteiger partial charge in [-0.15, -0.1) is 0 Å². The first-order valence-corrected chi connectivity index (χ1v) is 12.5. The molecule has 0 aromatic heterocycles. The zero-order valence-corrected chi connectivity index (χ0v) is 21.0. The Bertz CT molecular complexity index is 1100. The molecule has 6 nitrogen and oxygen atoms in total. The minimum absolute atomic E-state index is 0.0175. The van der Waals surface area contributed by atoms with E-state index in [9.17, 15) is 13.6 Å². The molecule has 192 valence electrons. The Balaban J connectivity index is 1.56. The van der Waals surface area contributed by atoms with Crippen molar-refractivity contribution < 1.29 is 23.0 Å². The van der Waals surface area contributed by atoms with Crippen molar-refractivity contribution in [1.82, 2.24) is 10.2 Å². The number of ether oxygens (including phenoxy) is 2. The maximum atomic E-state index is 14.2. The molecule has 4 atom stereocenters. The van der Waals surface area contributed by atoms with Crippen molar-refractivity contribution in [3.05, 3.63) is 65.2 Å². The molecule has 4 unspecified atom stereocenters. The second kappa shape index (κ2) is 10.8. The SMILES string of the molecule is CC(C)(C)N(C(=O)OC1CC(c2ccc(F)cc2)CC1Oc1ccc(C#N)c(F)c1)C1CCCNC1. The van der Waals surface area contributed by atoms with E-state index < -0.39 is 29.7 Å². The van der Waals surface area contributed by atoms with Gasteiger partial charge in [-0.1, -0.05) is 12.1 Å². The summed E-state index contributed by atoms with van der Waals surface area (Å²) < 4.78 is 39.9. The molecule has 0 radical (unpaired) electrons. The molecular weight excluding hydrogens is 464 g/mol. The summed E-state index contributed by atoms with van der Waals surface area (Å²) in [6, 6.07) is 12.2. The lowest BCUT2D eigenvalue weighted by Gasteiger charge is -2.43. The minimum Gasteiger partial charge on any atom is -0.486 e. The number of hydrogen-bond donors (Lipinski definition) is 1. The summed E-state index contributed by atoms with van der Waals surface area (Å²) in [5.41, 5.74) is 0.420. The number of piperidine rings is 1. The van der Waals surface area contributed by atoms with Crippen LogP contribution >= 0.6 is 0 Å². The first-order valence-electron chi connectivity index (χ1n) is 12.5. The topological polar surface area (TPSA) is 74.6 Å². The number of amides is 1. The Labute approximate surface area is 211 Å². The van der Waals surface area contributed by atoms with Crippen molar-refractivity contribution >= 4 is 6.09 Å². The van der Waals surface area contributed by atoms with Crippen LogP contribution in [0.4, 0.5) is 13.6 Å². The van der Waals surface area contributed by atoms with Crippen LogP contribution in [-0.2, 0) is 4.74 Å². The Morgan fingerprint density at radius 2 is 1.83 bits per heavy atom. The van der Waals surface area contributed by atoms with Gasteiger partial charge in [0.05, 0.1) is 5.56 Å². The Morgan fingerprint density at radius 1 is 1.11 bits per heavy atom. The van der Waals surface area contributed by atoms with Crippen LogP contribution in [0.5, 0.6) is 5.75 Å². The summed E-state index contributed by atoms with van der Waals surface area (Å²) in [5.74, 6) is -0.736. The van der Waals surface area contributed by atoms with Gasteiger partial charge in [-0.05, 0) is 88.7 Å². The van der Waals surface area contributed by atoms with Gasteiger partial charge in [0.1, 0.15) is 35.7 Å². The van der Waals surface area contributed by atoms with Crippen LogP contribution in [0, 0.1) is 23.0 Å². The van der Waals surface area contributed by atoms with Crippen molar-refractivity contribution in [3.8, 4) is 11.8 Å². The van der Waals surface area contributed by atoms with E-state index in [1.807, 2.05) is 25.7 Å². The number of rotatable bonds is 5. The van der Waals surface area contributed by atoms with Crippen molar-refractivity contribution in [2.45, 2.75) is 76.2 Å². The zero-order chi connectivity index (χ0) is 25.9. The Morgan fingerprint density at radius 3 is 2.44 bits per heavy atom. The number of carbonyl (C=O) groups excluding carboxylic acids is 1. The van der Waals surface area contributed by atoms with E-state index in [4.69, 9.17) is 14.7 Å². The fourth-order valence-corrected chi connectivity index (χ4v) is 5.26.